The summed E-state index contributed by atoms with van der Waals surface area (Å²) < 4.78 is 5.32. The van der Waals surface area contributed by atoms with Gasteiger partial charge in [0, 0.05) is 13.1 Å². The fourth-order valence-corrected chi connectivity index (χ4v) is 2.58. The van der Waals surface area contributed by atoms with Crippen LogP contribution in [0.25, 0.3) is 0 Å². The topological polar surface area (TPSA) is 95.0 Å². The van der Waals surface area contributed by atoms with Gasteiger partial charge in [-0.25, -0.2) is 9.79 Å². The van der Waals surface area contributed by atoms with Crippen LogP contribution in [-0.2, 0) is 11.3 Å². The third-order valence-electron chi connectivity index (χ3n) is 3.85. The number of carbonyl (C=O) groups excluding carboxylic acids is 1. The number of nitrogens with zero attached hydrogens (tertiary/aromatic N) is 1. The number of hydrogen-bond acceptors (Lipinski definition) is 4. The number of aromatic hydroxyl groups is 1. The van der Waals surface area contributed by atoms with Crippen LogP contribution in [0, 0.1) is 13.8 Å². The molecule has 0 aliphatic heterocycles. The van der Waals surface area contributed by atoms with Gasteiger partial charge < -0.3 is 25.8 Å². The summed E-state index contributed by atoms with van der Waals surface area (Å²) in [6.07, 6.45) is -0.448. The lowest BCUT2D eigenvalue weighted by Gasteiger charge is -2.29. The first-order chi connectivity index (χ1) is 12.8. The van der Waals surface area contributed by atoms with E-state index in [1.165, 1.54) is 0 Å². The summed E-state index contributed by atoms with van der Waals surface area (Å²) in [4.78, 5) is 16.6. The van der Waals surface area contributed by atoms with Gasteiger partial charge >= 0.3 is 6.09 Å². The Bertz CT molecular complexity index is 683. The van der Waals surface area contributed by atoms with Crippen LogP contribution in [0.2, 0.25) is 0 Å². The van der Waals surface area contributed by atoms with Gasteiger partial charge in [-0.2, -0.15) is 0 Å². The lowest BCUT2D eigenvalue weighted by molar-refractivity contribution is 0.0474. The quantitative estimate of drug-likeness (QED) is 0.440. The van der Waals surface area contributed by atoms with E-state index in [-0.39, 0.29) is 0 Å². The van der Waals surface area contributed by atoms with Gasteiger partial charge in [-0.3, -0.25) is 0 Å². The normalized spacial score (nSPS) is 12.5. The second-order valence-corrected chi connectivity index (χ2v) is 8.64. The van der Waals surface area contributed by atoms with Gasteiger partial charge in [0.1, 0.15) is 11.4 Å². The number of hydrogen-bond donors (Lipinski definition) is 4. The number of rotatable bonds is 6. The lowest BCUT2D eigenvalue weighted by atomic mass is 10.1. The van der Waals surface area contributed by atoms with Crippen molar-refractivity contribution in [1.82, 2.24) is 16.0 Å². The van der Waals surface area contributed by atoms with Crippen molar-refractivity contribution >= 4 is 12.1 Å². The average Bonchev–Trinajstić information content (AvgIpc) is 2.52. The predicted octanol–water partition coefficient (Wildman–Crippen LogP) is 3.37. The molecule has 0 heterocycles. The molecule has 4 N–H and O–H groups in total. The van der Waals surface area contributed by atoms with Crippen molar-refractivity contribution < 1.29 is 14.6 Å². The van der Waals surface area contributed by atoms with E-state index < -0.39 is 17.2 Å². The van der Waals surface area contributed by atoms with Crippen LogP contribution in [0.5, 0.6) is 5.75 Å². The zero-order valence-corrected chi connectivity index (χ0v) is 18.5. The first kappa shape index (κ1) is 23.6. The molecule has 1 amide bonds. The number of guanidine groups is 1. The second kappa shape index (κ2) is 9.66. The van der Waals surface area contributed by atoms with Gasteiger partial charge in [-0.05, 0) is 72.1 Å². The van der Waals surface area contributed by atoms with Crippen LogP contribution in [0.1, 0.15) is 58.2 Å². The molecule has 0 unspecified atom stereocenters. The molecule has 158 valence electrons. The molecule has 0 bridgehead atoms. The molecule has 0 fully saturated rings. The first-order valence-corrected chi connectivity index (χ1v) is 9.65. The Balaban J connectivity index is 2.73. The Labute approximate surface area is 169 Å². The van der Waals surface area contributed by atoms with Crippen molar-refractivity contribution in [2.75, 3.05) is 13.1 Å². The Morgan fingerprint density at radius 1 is 1.11 bits per heavy atom. The van der Waals surface area contributed by atoms with Crippen molar-refractivity contribution in [3.8, 4) is 5.75 Å². The summed E-state index contributed by atoms with van der Waals surface area (Å²) in [5, 5.41) is 19.2. The van der Waals surface area contributed by atoms with E-state index in [4.69, 9.17) is 4.74 Å². The Hall–Kier alpha value is -2.44. The van der Waals surface area contributed by atoms with Crippen LogP contribution in [0.15, 0.2) is 17.1 Å². The van der Waals surface area contributed by atoms with E-state index in [9.17, 15) is 9.90 Å². The number of aliphatic imine (C=N–C) groups is 1. The van der Waals surface area contributed by atoms with E-state index in [1.807, 2.05) is 67.5 Å². The number of carbonyl (C=O) groups is 1. The molecule has 7 nitrogen and oxygen atoms in total. The molecular weight excluding hydrogens is 356 g/mol. The highest BCUT2D eigenvalue weighted by Crippen LogP contribution is 2.23. The number of phenolic OH excluding ortho intramolecular Hbond substituents is 1. The minimum Gasteiger partial charge on any atom is -0.507 e. The minimum absolute atomic E-state index is 0.327. The zero-order valence-electron chi connectivity index (χ0n) is 18.5. The van der Waals surface area contributed by atoms with Crippen LogP contribution in [0.4, 0.5) is 4.79 Å². The van der Waals surface area contributed by atoms with Crippen molar-refractivity contribution in [3.05, 3.63) is 28.8 Å². The van der Waals surface area contributed by atoms with E-state index in [0.717, 1.165) is 23.2 Å². The molecule has 0 aliphatic rings. The van der Waals surface area contributed by atoms with Crippen molar-refractivity contribution in [1.29, 1.82) is 0 Å². The fourth-order valence-electron chi connectivity index (χ4n) is 2.58. The van der Waals surface area contributed by atoms with Crippen LogP contribution < -0.4 is 16.0 Å². The van der Waals surface area contributed by atoms with Gasteiger partial charge in [0.05, 0.1) is 12.1 Å². The van der Waals surface area contributed by atoms with Gasteiger partial charge in [-0.1, -0.05) is 12.1 Å². The molecule has 0 saturated carbocycles. The number of alkyl carbamates (subject to hydrolysis) is 1. The summed E-state index contributed by atoms with van der Waals surface area (Å²) in [5.74, 6) is 0.984. The summed E-state index contributed by atoms with van der Waals surface area (Å²) in [7, 11) is 0. The maximum atomic E-state index is 12.0. The maximum absolute atomic E-state index is 12.0. The van der Waals surface area contributed by atoms with E-state index >= 15 is 0 Å². The Morgan fingerprint density at radius 2 is 1.68 bits per heavy atom. The summed E-state index contributed by atoms with van der Waals surface area (Å²) in [6.45, 7) is 16.8. The number of benzene rings is 1. The molecule has 0 atom stereocenters. The van der Waals surface area contributed by atoms with Crippen molar-refractivity contribution in [2.24, 2.45) is 4.99 Å². The Kier molecular flexibility index (Phi) is 8.14. The molecule has 7 heteroatoms. The van der Waals surface area contributed by atoms with Crippen LogP contribution >= 0.6 is 0 Å². The van der Waals surface area contributed by atoms with E-state index in [2.05, 4.69) is 20.9 Å². The second-order valence-electron chi connectivity index (χ2n) is 8.64. The number of phenols is 1. The number of nitrogens with one attached hydrogen (secondary N) is 3. The van der Waals surface area contributed by atoms with E-state index in [1.54, 1.807) is 0 Å². The highest BCUT2D eigenvalue weighted by Gasteiger charge is 2.24. The molecule has 1 aromatic carbocycles. The summed E-state index contributed by atoms with van der Waals surface area (Å²) in [5.41, 5.74) is 1.64. The van der Waals surface area contributed by atoms with Crippen molar-refractivity contribution in [3.63, 3.8) is 0 Å². The van der Waals surface area contributed by atoms with E-state index in [0.29, 0.717) is 24.8 Å². The van der Waals surface area contributed by atoms with Gasteiger partial charge in [0.2, 0.25) is 0 Å². The summed E-state index contributed by atoms with van der Waals surface area (Å²) >= 11 is 0. The monoisotopic (exact) mass is 392 g/mol. The number of ether oxygens (including phenoxy) is 1. The smallest absolute Gasteiger partial charge is 0.408 e. The maximum Gasteiger partial charge on any atom is 0.408 e. The minimum atomic E-state index is -0.537. The molecule has 0 aliphatic carbocycles. The third kappa shape index (κ3) is 8.50. The molecule has 0 aromatic heterocycles. The lowest BCUT2D eigenvalue weighted by Crippen LogP contribution is -2.54. The molecule has 0 saturated heterocycles. The Morgan fingerprint density at radius 3 is 2.18 bits per heavy atom. The number of aryl methyl sites for hydroxylation is 2. The standard InChI is InChI=1S/C21H36N4O3/c1-9-22-18(23-12-16-10-14(2)17(26)15(3)11-16)24-13-21(7,8)25-19(27)28-20(4,5)6/h10-11,26H,9,12-13H2,1-8H3,(H,25,27)(H2,22,23,24). The van der Waals surface area contributed by atoms with Crippen molar-refractivity contribution in [2.45, 2.75) is 73.1 Å². The number of amides is 1. The van der Waals surface area contributed by atoms with Gasteiger partial charge in [0.25, 0.3) is 0 Å². The highest BCUT2D eigenvalue weighted by atomic mass is 16.6. The molecule has 28 heavy (non-hydrogen) atoms. The van der Waals surface area contributed by atoms with Crippen LogP contribution in [-0.4, -0.2) is 41.4 Å². The highest BCUT2D eigenvalue weighted by molar-refractivity contribution is 5.80. The van der Waals surface area contributed by atoms with Gasteiger partial charge in [-0.15, -0.1) is 0 Å². The largest absolute Gasteiger partial charge is 0.507 e. The SMILES string of the molecule is CCNC(=NCc1cc(C)c(O)c(C)c1)NCC(C)(C)NC(=O)OC(C)(C)C. The summed E-state index contributed by atoms with van der Waals surface area (Å²) in [6, 6.07) is 3.87. The fraction of sp³-hybridized carbons (Fsp3) is 0.619. The molecule has 0 spiro atoms. The molecule has 1 aromatic rings. The zero-order chi connectivity index (χ0) is 21.5. The average molecular weight is 393 g/mol. The molecular formula is C21H36N4O3. The van der Waals surface area contributed by atoms with Crippen LogP contribution in [0.3, 0.4) is 0 Å². The molecule has 0 radical (unpaired) electrons. The molecule has 1 rings (SSSR count). The first-order valence-electron chi connectivity index (χ1n) is 9.65. The predicted molar refractivity (Wildman–Crippen MR) is 114 cm³/mol. The third-order valence-corrected chi connectivity index (χ3v) is 3.85. The van der Waals surface area contributed by atoms with Gasteiger partial charge in [0.15, 0.2) is 5.96 Å².